The van der Waals surface area contributed by atoms with Gasteiger partial charge in [-0.3, -0.25) is 0 Å². The zero-order valence-corrected chi connectivity index (χ0v) is 36.3. The molecule has 0 aliphatic carbocycles. The molecule has 1 aromatic heterocycles. The van der Waals surface area contributed by atoms with Crippen LogP contribution in [0.5, 0.6) is 0 Å². The van der Waals surface area contributed by atoms with E-state index >= 15 is 0 Å². The molecule has 2 nitrogen and oxygen atoms in total. The standard InChI is InChI=1S/C64H44N2/c1-4-20-47(21-5-1)55-29-12-13-30-58(55)63-56(48-22-6-2-7-23-48)32-17-35-61(63)65(53-41-39-46(40-42-53)50-38-37-45-19-10-11-24-49(45)43-50)54-28-16-25-51(44-54)57-33-18-36-62-64(57)59-31-14-15-34-60(59)66(62)52-26-8-3-9-27-52/h1-44H. The molecule has 0 saturated carbocycles. The van der Waals surface area contributed by atoms with E-state index in [1.54, 1.807) is 0 Å². The third-order valence-electron chi connectivity index (χ3n) is 13.0. The summed E-state index contributed by atoms with van der Waals surface area (Å²) in [6, 6.07) is 97.0. The van der Waals surface area contributed by atoms with E-state index in [4.69, 9.17) is 0 Å². The van der Waals surface area contributed by atoms with Crippen LogP contribution in [0.25, 0.3) is 93.9 Å². The fourth-order valence-corrected chi connectivity index (χ4v) is 9.97. The highest BCUT2D eigenvalue weighted by Crippen LogP contribution is 2.49. The van der Waals surface area contributed by atoms with E-state index in [0.717, 1.165) is 28.3 Å². The van der Waals surface area contributed by atoms with Gasteiger partial charge in [0.05, 0.1) is 16.7 Å². The second kappa shape index (κ2) is 16.8. The second-order valence-corrected chi connectivity index (χ2v) is 16.9. The Balaban J connectivity index is 1.10. The Bertz CT molecular complexity index is 3680. The molecule has 1 heterocycles. The summed E-state index contributed by atoms with van der Waals surface area (Å²) in [5.74, 6) is 0. The van der Waals surface area contributed by atoms with Gasteiger partial charge >= 0.3 is 0 Å². The predicted octanol–water partition coefficient (Wildman–Crippen LogP) is 17.7. The highest BCUT2D eigenvalue weighted by atomic mass is 15.1. The van der Waals surface area contributed by atoms with E-state index in [1.165, 1.54) is 82.6 Å². The average Bonchev–Trinajstić information content (AvgIpc) is 3.74. The smallest absolute Gasteiger partial charge is 0.0547 e. The maximum Gasteiger partial charge on any atom is 0.0547 e. The fourth-order valence-electron chi connectivity index (χ4n) is 9.97. The van der Waals surface area contributed by atoms with E-state index in [0.29, 0.717) is 0 Å². The number of nitrogens with zero attached hydrogens (tertiary/aromatic N) is 2. The quantitative estimate of drug-likeness (QED) is 0.141. The third-order valence-corrected chi connectivity index (χ3v) is 13.0. The molecule has 310 valence electrons. The fraction of sp³-hybridized carbons (Fsp3) is 0. The van der Waals surface area contributed by atoms with Gasteiger partial charge in [0.15, 0.2) is 0 Å². The van der Waals surface area contributed by atoms with Crippen molar-refractivity contribution in [1.29, 1.82) is 0 Å². The highest BCUT2D eigenvalue weighted by Gasteiger charge is 2.24. The summed E-state index contributed by atoms with van der Waals surface area (Å²) in [7, 11) is 0. The van der Waals surface area contributed by atoms with Crippen LogP contribution in [0.3, 0.4) is 0 Å². The molecular formula is C64H44N2. The normalized spacial score (nSPS) is 11.3. The zero-order chi connectivity index (χ0) is 43.8. The number of hydrogen-bond donors (Lipinski definition) is 0. The minimum atomic E-state index is 1.07. The van der Waals surface area contributed by atoms with Gasteiger partial charge in [-0.2, -0.15) is 0 Å². The molecule has 0 fully saturated rings. The molecule has 66 heavy (non-hydrogen) atoms. The Morgan fingerprint density at radius 2 is 0.848 bits per heavy atom. The predicted molar refractivity (Wildman–Crippen MR) is 280 cm³/mol. The van der Waals surface area contributed by atoms with Crippen molar-refractivity contribution in [2.75, 3.05) is 4.90 Å². The zero-order valence-electron chi connectivity index (χ0n) is 36.3. The lowest BCUT2D eigenvalue weighted by atomic mass is 9.87. The molecule has 0 aliphatic rings. The van der Waals surface area contributed by atoms with Crippen LogP contribution in [-0.4, -0.2) is 4.57 Å². The first kappa shape index (κ1) is 38.9. The summed E-state index contributed by atoms with van der Waals surface area (Å²) in [6.45, 7) is 0. The number of aromatic nitrogens is 1. The molecule has 2 heteroatoms. The van der Waals surface area contributed by atoms with Gasteiger partial charge in [-0.1, -0.05) is 206 Å². The summed E-state index contributed by atoms with van der Waals surface area (Å²) in [4.78, 5) is 2.46. The Labute approximate surface area is 385 Å². The molecule has 0 unspecified atom stereocenters. The van der Waals surface area contributed by atoms with Crippen LogP contribution < -0.4 is 4.90 Å². The van der Waals surface area contributed by atoms with E-state index in [-0.39, 0.29) is 0 Å². The van der Waals surface area contributed by atoms with Crippen LogP contribution in [0.4, 0.5) is 17.1 Å². The Hall–Kier alpha value is -8.72. The topological polar surface area (TPSA) is 8.17 Å². The van der Waals surface area contributed by atoms with Crippen molar-refractivity contribution in [3.05, 3.63) is 267 Å². The van der Waals surface area contributed by atoms with E-state index in [9.17, 15) is 0 Å². The van der Waals surface area contributed by atoms with E-state index in [2.05, 4.69) is 276 Å². The van der Waals surface area contributed by atoms with Crippen molar-refractivity contribution in [1.82, 2.24) is 4.57 Å². The number of anilines is 3. The first-order valence-corrected chi connectivity index (χ1v) is 22.7. The second-order valence-electron chi connectivity index (χ2n) is 16.9. The lowest BCUT2D eigenvalue weighted by Crippen LogP contribution is -2.12. The lowest BCUT2D eigenvalue weighted by Gasteiger charge is -2.30. The van der Waals surface area contributed by atoms with Gasteiger partial charge in [-0.25, -0.2) is 0 Å². The van der Waals surface area contributed by atoms with Gasteiger partial charge in [0.1, 0.15) is 0 Å². The van der Waals surface area contributed by atoms with Crippen LogP contribution in [0.2, 0.25) is 0 Å². The van der Waals surface area contributed by atoms with Crippen molar-refractivity contribution in [2.45, 2.75) is 0 Å². The molecule has 12 rings (SSSR count). The minimum absolute atomic E-state index is 1.07. The summed E-state index contributed by atoms with van der Waals surface area (Å²) < 4.78 is 2.40. The summed E-state index contributed by atoms with van der Waals surface area (Å²) in [5, 5.41) is 4.95. The van der Waals surface area contributed by atoms with Gasteiger partial charge in [-0.05, 0) is 122 Å². The summed E-state index contributed by atoms with van der Waals surface area (Å²) in [6.07, 6.45) is 0. The van der Waals surface area contributed by atoms with Crippen molar-refractivity contribution in [3.63, 3.8) is 0 Å². The van der Waals surface area contributed by atoms with Crippen LogP contribution in [0.15, 0.2) is 267 Å². The largest absolute Gasteiger partial charge is 0.310 e. The van der Waals surface area contributed by atoms with Crippen molar-refractivity contribution >= 4 is 49.6 Å². The van der Waals surface area contributed by atoms with Gasteiger partial charge in [0.2, 0.25) is 0 Å². The number of hydrogen-bond acceptors (Lipinski definition) is 1. The molecule has 0 N–H and O–H groups in total. The number of benzene rings is 11. The Kier molecular flexibility index (Phi) is 9.89. The van der Waals surface area contributed by atoms with Gasteiger partial charge in [0, 0.05) is 33.4 Å². The minimum Gasteiger partial charge on any atom is -0.310 e. The molecule has 0 amide bonds. The van der Waals surface area contributed by atoms with Gasteiger partial charge < -0.3 is 9.47 Å². The highest BCUT2D eigenvalue weighted by molar-refractivity contribution is 6.16. The molecule has 0 saturated heterocycles. The third kappa shape index (κ3) is 6.93. The Morgan fingerprint density at radius 3 is 1.64 bits per heavy atom. The summed E-state index contributed by atoms with van der Waals surface area (Å²) >= 11 is 0. The summed E-state index contributed by atoms with van der Waals surface area (Å²) in [5.41, 5.74) is 18.5. The lowest BCUT2D eigenvalue weighted by molar-refractivity contribution is 1.18. The van der Waals surface area contributed by atoms with Gasteiger partial charge in [0.25, 0.3) is 0 Å². The monoisotopic (exact) mass is 840 g/mol. The molecule has 0 bridgehead atoms. The molecule has 0 radical (unpaired) electrons. The average molecular weight is 841 g/mol. The number of rotatable bonds is 9. The Morgan fingerprint density at radius 1 is 0.288 bits per heavy atom. The van der Waals surface area contributed by atoms with Gasteiger partial charge in [-0.15, -0.1) is 0 Å². The van der Waals surface area contributed by atoms with Crippen LogP contribution in [0.1, 0.15) is 0 Å². The van der Waals surface area contributed by atoms with Crippen molar-refractivity contribution in [3.8, 4) is 61.3 Å². The number of fused-ring (bicyclic) bond motifs is 4. The molecule has 0 spiro atoms. The first-order chi connectivity index (χ1) is 32.8. The van der Waals surface area contributed by atoms with Crippen molar-refractivity contribution < 1.29 is 0 Å². The first-order valence-electron chi connectivity index (χ1n) is 22.7. The van der Waals surface area contributed by atoms with E-state index < -0.39 is 0 Å². The van der Waals surface area contributed by atoms with Crippen LogP contribution in [0, 0.1) is 0 Å². The number of para-hydroxylation sites is 2. The molecule has 0 atom stereocenters. The molecule has 0 aliphatic heterocycles. The van der Waals surface area contributed by atoms with Crippen LogP contribution >= 0.6 is 0 Å². The SMILES string of the molecule is c1ccc(-c2ccccc2-c2c(-c3ccccc3)cccc2N(c2ccc(-c3ccc4ccccc4c3)cc2)c2cccc(-c3cccc4c3c3ccccc3n4-c3ccccc3)c2)cc1. The van der Waals surface area contributed by atoms with Crippen molar-refractivity contribution in [2.24, 2.45) is 0 Å². The maximum absolute atomic E-state index is 2.46. The molecule has 12 aromatic rings. The maximum atomic E-state index is 2.46. The molecule has 11 aromatic carbocycles. The van der Waals surface area contributed by atoms with E-state index in [1.807, 2.05) is 0 Å². The molecular weight excluding hydrogens is 797 g/mol. The van der Waals surface area contributed by atoms with Crippen LogP contribution in [-0.2, 0) is 0 Å².